The minimum Gasteiger partial charge on any atom is -0.457 e. The van der Waals surface area contributed by atoms with E-state index < -0.39 is 24.3 Å². The van der Waals surface area contributed by atoms with Crippen molar-refractivity contribution in [3.63, 3.8) is 0 Å². The number of nitrogens with zero attached hydrogens (tertiary/aromatic N) is 4. The maximum absolute atomic E-state index is 15.1. The Labute approximate surface area is 297 Å². The summed E-state index contributed by atoms with van der Waals surface area (Å²) >= 11 is 0. The number of ether oxygens (including phenoxy) is 2. The first-order valence-electron chi connectivity index (χ1n) is 18.3. The molecule has 0 unspecified atom stereocenters. The zero-order chi connectivity index (χ0) is 36.4. The van der Waals surface area contributed by atoms with Crippen LogP contribution in [0.15, 0.2) is 35.9 Å². The van der Waals surface area contributed by atoms with Crippen LogP contribution in [0.1, 0.15) is 71.8 Å². The molecule has 5 atom stereocenters. The lowest BCUT2D eigenvalue weighted by Crippen LogP contribution is -2.49. The van der Waals surface area contributed by atoms with Crippen LogP contribution in [-0.4, -0.2) is 122 Å². The monoisotopic (exact) mass is 699 g/mol. The summed E-state index contributed by atoms with van der Waals surface area (Å²) in [5.74, 6) is -1.27. The van der Waals surface area contributed by atoms with Crippen molar-refractivity contribution in [2.45, 2.75) is 90.6 Å². The number of piperidine rings is 1. The fourth-order valence-electron chi connectivity index (χ4n) is 6.87. The first-order valence-corrected chi connectivity index (χ1v) is 18.3. The molecule has 2 N–H and O–H groups in total. The van der Waals surface area contributed by atoms with Crippen molar-refractivity contribution in [1.82, 2.24) is 20.0 Å². The van der Waals surface area contributed by atoms with Crippen molar-refractivity contribution >= 4 is 29.9 Å². The van der Waals surface area contributed by atoms with Gasteiger partial charge in [-0.15, -0.1) is 0 Å². The number of likely N-dealkylation sites (N-methyl/N-ethyl adjacent to an activating group) is 1. The Morgan fingerprint density at radius 3 is 2.42 bits per heavy atom. The van der Waals surface area contributed by atoms with E-state index in [-0.39, 0.29) is 42.2 Å². The predicted octanol–water partition coefficient (Wildman–Crippen LogP) is 5.29. The van der Waals surface area contributed by atoms with Gasteiger partial charge in [0.25, 0.3) is 0 Å². The first-order chi connectivity index (χ1) is 23.8. The third-order valence-corrected chi connectivity index (χ3v) is 10.2. The van der Waals surface area contributed by atoms with Crippen LogP contribution < -0.4 is 10.2 Å². The van der Waals surface area contributed by atoms with E-state index >= 15 is 4.39 Å². The Balaban J connectivity index is 1.51. The second-order valence-electron chi connectivity index (χ2n) is 14.4. The van der Waals surface area contributed by atoms with E-state index in [9.17, 15) is 19.5 Å². The molecule has 2 saturated heterocycles. The van der Waals surface area contributed by atoms with E-state index in [0.29, 0.717) is 56.7 Å². The van der Waals surface area contributed by atoms with Gasteiger partial charge in [-0.2, -0.15) is 0 Å². The number of aliphatic hydroxyl groups excluding tert-OH is 1. The van der Waals surface area contributed by atoms with Crippen LogP contribution in [0.4, 0.5) is 19.7 Å². The molecule has 1 aromatic carbocycles. The van der Waals surface area contributed by atoms with Gasteiger partial charge in [0.15, 0.2) is 0 Å². The van der Waals surface area contributed by atoms with Gasteiger partial charge >= 0.3 is 18.1 Å². The van der Waals surface area contributed by atoms with Gasteiger partial charge in [0.2, 0.25) is 0 Å². The highest BCUT2D eigenvalue weighted by Crippen LogP contribution is 2.29. The van der Waals surface area contributed by atoms with Crippen molar-refractivity contribution in [2.75, 3.05) is 64.8 Å². The fourth-order valence-corrected chi connectivity index (χ4v) is 6.87. The van der Waals surface area contributed by atoms with Crippen LogP contribution >= 0.6 is 0 Å². The summed E-state index contributed by atoms with van der Waals surface area (Å²) in [7, 11) is 3.98. The zero-order valence-corrected chi connectivity index (χ0v) is 30.8. The van der Waals surface area contributed by atoms with Crippen LogP contribution in [0.2, 0.25) is 0 Å². The number of aliphatic hydroxyl groups is 1. The Hall–Kier alpha value is -3.64. The number of cyclic esters (lactones) is 1. The van der Waals surface area contributed by atoms with Crippen LogP contribution in [0.25, 0.3) is 6.08 Å². The van der Waals surface area contributed by atoms with Crippen LogP contribution in [0.5, 0.6) is 0 Å². The second kappa shape index (κ2) is 18.6. The van der Waals surface area contributed by atoms with Crippen molar-refractivity contribution in [2.24, 2.45) is 11.8 Å². The van der Waals surface area contributed by atoms with Crippen LogP contribution in [-0.2, 0) is 14.3 Å². The van der Waals surface area contributed by atoms with E-state index in [0.717, 1.165) is 38.0 Å². The van der Waals surface area contributed by atoms with Gasteiger partial charge in [-0.25, -0.2) is 14.0 Å². The lowest BCUT2D eigenvalue weighted by atomic mass is 9.91. The second-order valence-corrected chi connectivity index (χ2v) is 14.4. The minimum absolute atomic E-state index is 0.0377. The van der Waals surface area contributed by atoms with Gasteiger partial charge in [0.1, 0.15) is 18.0 Å². The molecule has 0 radical (unpaired) electrons. The molecular formula is C38H58FN5O6. The molecule has 4 rings (SSSR count). The molecule has 0 saturated carbocycles. The number of carbonyl (C=O) groups excluding carboxylic acids is 3. The van der Waals surface area contributed by atoms with Gasteiger partial charge in [-0.05, 0) is 87.4 Å². The van der Waals surface area contributed by atoms with E-state index in [1.54, 1.807) is 4.90 Å². The lowest BCUT2D eigenvalue weighted by molar-refractivity contribution is -0.151. The quantitative estimate of drug-likeness (QED) is 0.292. The van der Waals surface area contributed by atoms with Crippen molar-refractivity contribution < 1.29 is 33.4 Å². The van der Waals surface area contributed by atoms with Crippen LogP contribution in [0.3, 0.4) is 0 Å². The molecule has 2 fully saturated rings. The molecule has 12 heteroatoms. The number of hydrogen-bond donors (Lipinski definition) is 2. The number of nitrogens with one attached hydrogen (secondary N) is 1. The van der Waals surface area contributed by atoms with Crippen LogP contribution in [0, 0.1) is 17.7 Å². The number of hydrogen-bond acceptors (Lipinski definition) is 8. The molecule has 3 heterocycles. The third kappa shape index (κ3) is 11.2. The Kier molecular flexibility index (Phi) is 14.5. The van der Waals surface area contributed by atoms with Gasteiger partial charge in [0, 0.05) is 70.5 Å². The zero-order valence-electron chi connectivity index (χ0n) is 30.8. The summed E-state index contributed by atoms with van der Waals surface area (Å²) in [6.07, 6.45) is 6.40. The SMILES string of the molecule is CCCNC(=O)N1CCC(N(C)c2cc(F)cc(/C=C(\C)[C@H]3OC(=O)C[C@@H](O)CC[C@@H](C)[C@H](OC(=O)N4CCN(C)CC4)/C=C/[C@@H]3C)c2)CC1. The number of anilines is 1. The Morgan fingerprint density at radius 1 is 1.04 bits per heavy atom. The first kappa shape index (κ1) is 39.2. The summed E-state index contributed by atoms with van der Waals surface area (Å²) in [5.41, 5.74) is 2.07. The smallest absolute Gasteiger partial charge is 0.410 e. The third-order valence-electron chi connectivity index (χ3n) is 10.2. The summed E-state index contributed by atoms with van der Waals surface area (Å²) < 4.78 is 27.0. The lowest BCUT2D eigenvalue weighted by Gasteiger charge is -2.38. The molecule has 1 aromatic rings. The minimum atomic E-state index is -0.888. The van der Waals surface area contributed by atoms with Gasteiger partial charge < -0.3 is 39.5 Å². The molecule has 0 bridgehead atoms. The number of rotatable bonds is 7. The molecule has 3 aliphatic heterocycles. The molecule has 3 aliphatic rings. The average molecular weight is 700 g/mol. The highest BCUT2D eigenvalue weighted by Gasteiger charge is 2.30. The normalized spacial score (nSPS) is 27.1. The number of likely N-dealkylation sites (tertiary alicyclic amines) is 1. The molecule has 278 valence electrons. The molecular weight excluding hydrogens is 641 g/mol. The maximum Gasteiger partial charge on any atom is 0.410 e. The summed E-state index contributed by atoms with van der Waals surface area (Å²) in [5, 5.41) is 13.6. The standard InChI is InChI=1S/C38H58FN5O6/c1-7-14-40-37(47)43-15-12-31(13-16-43)42(6)32-23-29(22-30(39)24-32)21-28(4)36-27(3)9-11-34(26(2)8-10-33(45)25-35(46)50-36)49-38(48)44-19-17-41(5)18-20-44/h9,11,21-24,26-27,31,33-34,36,45H,7-8,10,12-20,25H2,1-6H3,(H,40,47)/b11-9+,28-21+/t26-,27+,33+,34-,36+/m1/s1. The number of benzene rings is 1. The van der Waals surface area contributed by atoms with E-state index in [1.807, 2.05) is 71.0 Å². The Bertz CT molecular complexity index is 1360. The predicted molar refractivity (Wildman–Crippen MR) is 193 cm³/mol. The topological polar surface area (TPSA) is 115 Å². The van der Waals surface area contributed by atoms with E-state index in [4.69, 9.17) is 9.47 Å². The number of amides is 3. The number of piperazine rings is 1. The summed E-state index contributed by atoms with van der Waals surface area (Å²) in [6, 6.07) is 5.00. The molecule has 3 amide bonds. The van der Waals surface area contributed by atoms with Gasteiger partial charge in [0.05, 0.1) is 12.5 Å². The van der Waals surface area contributed by atoms with Crippen molar-refractivity contribution in [1.29, 1.82) is 0 Å². The average Bonchev–Trinajstić information content (AvgIpc) is 3.09. The summed E-state index contributed by atoms with van der Waals surface area (Å²) in [4.78, 5) is 46.3. The van der Waals surface area contributed by atoms with Gasteiger partial charge in [-0.1, -0.05) is 32.9 Å². The number of urea groups is 1. The van der Waals surface area contributed by atoms with Crippen molar-refractivity contribution in [3.8, 4) is 0 Å². The maximum atomic E-state index is 15.1. The summed E-state index contributed by atoms with van der Waals surface area (Å²) in [6.45, 7) is 12.5. The number of esters is 1. The number of carbonyl (C=O) groups is 3. The van der Waals surface area contributed by atoms with E-state index in [1.165, 1.54) is 12.1 Å². The molecule has 0 spiro atoms. The van der Waals surface area contributed by atoms with Gasteiger partial charge in [-0.3, -0.25) is 4.79 Å². The fraction of sp³-hybridized carbons (Fsp3) is 0.658. The number of halogens is 1. The largest absolute Gasteiger partial charge is 0.457 e. The highest BCUT2D eigenvalue weighted by molar-refractivity contribution is 5.74. The molecule has 0 aromatic heterocycles. The van der Waals surface area contributed by atoms with Crippen molar-refractivity contribution in [3.05, 3.63) is 47.3 Å². The molecule has 50 heavy (non-hydrogen) atoms. The Morgan fingerprint density at radius 2 is 1.74 bits per heavy atom. The highest BCUT2D eigenvalue weighted by atomic mass is 19.1. The van der Waals surface area contributed by atoms with E-state index in [2.05, 4.69) is 15.1 Å². The molecule has 11 nitrogen and oxygen atoms in total. The molecule has 0 aliphatic carbocycles.